The van der Waals surface area contributed by atoms with E-state index in [0.717, 1.165) is 26.7 Å². The number of carbonyl (C=O) groups is 1. The van der Waals surface area contributed by atoms with Gasteiger partial charge < -0.3 is 5.32 Å². The van der Waals surface area contributed by atoms with E-state index >= 15 is 0 Å². The fourth-order valence-electron chi connectivity index (χ4n) is 2.72. The van der Waals surface area contributed by atoms with E-state index < -0.39 is 0 Å². The standard InChI is InChI=1S/C21H26Br2N2O/c1-14-10-17(22)20(18(23)11-14)24-19(26)13-25(5)12-15-6-8-16(9-7-15)21(2,3)4/h6-11H,12-13H2,1-5H3,(H,24,26). The normalized spacial score (nSPS) is 11.7. The second-order valence-corrected chi connectivity index (χ2v) is 9.48. The van der Waals surface area contributed by atoms with Gasteiger partial charge in [-0.25, -0.2) is 0 Å². The van der Waals surface area contributed by atoms with E-state index in [0.29, 0.717) is 6.54 Å². The third-order valence-corrected chi connectivity index (χ3v) is 5.39. The summed E-state index contributed by atoms with van der Waals surface area (Å²) in [5, 5.41) is 2.98. The second kappa shape index (κ2) is 8.68. The van der Waals surface area contributed by atoms with E-state index in [1.165, 1.54) is 11.1 Å². The number of aryl methyl sites for hydroxylation is 1. The monoisotopic (exact) mass is 480 g/mol. The molecule has 26 heavy (non-hydrogen) atoms. The van der Waals surface area contributed by atoms with Gasteiger partial charge in [-0.05, 0) is 80.1 Å². The lowest BCUT2D eigenvalue weighted by Crippen LogP contribution is -2.30. The number of hydrogen-bond acceptors (Lipinski definition) is 2. The van der Waals surface area contributed by atoms with Crippen LogP contribution in [0.15, 0.2) is 45.3 Å². The van der Waals surface area contributed by atoms with E-state index in [2.05, 4.69) is 82.2 Å². The van der Waals surface area contributed by atoms with Crippen molar-refractivity contribution >= 4 is 43.5 Å². The molecule has 2 rings (SSSR count). The van der Waals surface area contributed by atoms with Crippen LogP contribution < -0.4 is 5.32 Å². The SMILES string of the molecule is Cc1cc(Br)c(NC(=O)CN(C)Cc2ccc(C(C)(C)C)cc2)c(Br)c1. The molecule has 0 aliphatic carbocycles. The van der Waals surface area contributed by atoms with Gasteiger partial charge in [-0.1, -0.05) is 45.0 Å². The largest absolute Gasteiger partial charge is 0.323 e. The molecule has 2 aromatic carbocycles. The van der Waals surface area contributed by atoms with Crippen LogP contribution in [0.3, 0.4) is 0 Å². The zero-order chi connectivity index (χ0) is 19.5. The first-order valence-corrected chi connectivity index (χ1v) is 10.2. The molecule has 0 spiro atoms. The topological polar surface area (TPSA) is 32.3 Å². The molecule has 2 aromatic rings. The Morgan fingerprint density at radius 3 is 2.12 bits per heavy atom. The van der Waals surface area contributed by atoms with Crippen molar-refractivity contribution in [1.29, 1.82) is 0 Å². The molecular formula is C21H26Br2N2O. The van der Waals surface area contributed by atoms with Gasteiger partial charge in [0.15, 0.2) is 0 Å². The fraction of sp³-hybridized carbons (Fsp3) is 0.381. The predicted octanol–water partition coefficient (Wildman–Crippen LogP) is 5.89. The summed E-state index contributed by atoms with van der Waals surface area (Å²) in [7, 11) is 1.95. The molecule has 140 valence electrons. The third kappa shape index (κ3) is 5.93. The number of nitrogens with zero attached hydrogens (tertiary/aromatic N) is 1. The van der Waals surface area contributed by atoms with Crippen LogP contribution in [-0.2, 0) is 16.8 Å². The van der Waals surface area contributed by atoms with Crippen molar-refractivity contribution in [2.24, 2.45) is 0 Å². The molecule has 0 saturated carbocycles. The summed E-state index contributed by atoms with van der Waals surface area (Å²) < 4.78 is 1.75. The molecule has 0 radical (unpaired) electrons. The Kier molecular flexibility index (Phi) is 7.05. The highest BCUT2D eigenvalue weighted by atomic mass is 79.9. The summed E-state index contributed by atoms with van der Waals surface area (Å²) >= 11 is 7.02. The maximum atomic E-state index is 12.4. The summed E-state index contributed by atoms with van der Waals surface area (Å²) in [5.41, 5.74) is 4.56. The van der Waals surface area contributed by atoms with Crippen LogP contribution in [0.2, 0.25) is 0 Å². The Bertz CT molecular complexity index is 757. The van der Waals surface area contributed by atoms with Gasteiger partial charge in [-0.15, -0.1) is 0 Å². The number of likely N-dealkylation sites (N-methyl/N-ethyl adjacent to an activating group) is 1. The predicted molar refractivity (Wildman–Crippen MR) is 117 cm³/mol. The van der Waals surface area contributed by atoms with Crippen molar-refractivity contribution in [3.8, 4) is 0 Å². The third-order valence-electron chi connectivity index (χ3n) is 4.14. The van der Waals surface area contributed by atoms with Gasteiger partial charge in [-0.3, -0.25) is 9.69 Å². The van der Waals surface area contributed by atoms with Gasteiger partial charge in [0.2, 0.25) is 5.91 Å². The van der Waals surface area contributed by atoms with Gasteiger partial charge in [0, 0.05) is 15.5 Å². The van der Waals surface area contributed by atoms with Crippen LogP contribution in [0, 0.1) is 6.92 Å². The molecule has 0 saturated heterocycles. The maximum Gasteiger partial charge on any atom is 0.238 e. The minimum atomic E-state index is -0.0379. The minimum absolute atomic E-state index is 0.0379. The van der Waals surface area contributed by atoms with Crippen LogP contribution in [0.4, 0.5) is 5.69 Å². The average Bonchev–Trinajstić information content (AvgIpc) is 2.50. The summed E-state index contributed by atoms with van der Waals surface area (Å²) in [6.45, 7) is 9.70. The highest BCUT2D eigenvalue weighted by molar-refractivity contribution is 9.11. The Balaban J connectivity index is 1.95. The molecule has 0 unspecified atom stereocenters. The molecule has 0 bridgehead atoms. The van der Waals surface area contributed by atoms with Crippen molar-refractivity contribution in [3.05, 3.63) is 62.0 Å². The van der Waals surface area contributed by atoms with Crippen LogP contribution in [0.5, 0.6) is 0 Å². The minimum Gasteiger partial charge on any atom is -0.323 e. The van der Waals surface area contributed by atoms with Crippen molar-refractivity contribution in [2.45, 2.75) is 39.7 Å². The Labute approximate surface area is 173 Å². The smallest absolute Gasteiger partial charge is 0.238 e. The molecule has 1 amide bonds. The first-order valence-electron chi connectivity index (χ1n) is 8.59. The Hall–Kier alpha value is -1.17. The summed E-state index contributed by atoms with van der Waals surface area (Å²) in [6.07, 6.45) is 0. The summed E-state index contributed by atoms with van der Waals surface area (Å²) in [5.74, 6) is -0.0379. The first kappa shape index (κ1) is 21.1. The number of rotatable bonds is 5. The van der Waals surface area contributed by atoms with Crippen molar-refractivity contribution < 1.29 is 4.79 Å². The van der Waals surface area contributed by atoms with Crippen LogP contribution in [-0.4, -0.2) is 24.4 Å². The second-order valence-electron chi connectivity index (χ2n) is 7.77. The molecular weight excluding hydrogens is 456 g/mol. The summed E-state index contributed by atoms with van der Waals surface area (Å²) in [6, 6.07) is 12.6. The molecule has 0 heterocycles. The number of benzene rings is 2. The number of hydrogen-bond donors (Lipinski definition) is 1. The molecule has 0 aliphatic rings. The number of halogens is 2. The maximum absolute atomic E-state index is 12.4. The van der Waals surface area contributed by atoms with E-state index in [1.54, 1.807) is 0 Å². The Morgan fingerprint density at radius 2 is 1.62 bits per heavy atom. The Morgan fingerprint density at radius 1 is 1.08 bits per heavy atom. The van der Waals surface area contributed by atoms with Gasteiger partial charge in [0.25, 0.3) is 0 Å². The summed E-state index contributed by atoms with van der Waals surface area (Å²) in [4.78, 5) is 14.4. The van der Waals surface area contributed by atoms with Crippen LogP contribution in [0.25, 0.3) is 0 Å². The molecule has 0 aromatic heterocycles. The molecule has 0 atom stereocenters. The number of anilines is 1. The highest BCUT2D eigenvalue weighted by Gasteiger charge is 2.14. The number of carbonyl (C=O) groups excluding carboxylic acids is 1. The molecule has 1 N–H and O–H groups in total. The van der Waals surface area contributed by atoms with Crippen molar-refractivity contribution in [3.63, 3.8) is 0 Å². The number of nitrogens with one attached hydrogen (secondary N) is 1. The zero-order valence-corrected chi connectivity index (χ0v) is 19.2. The van der Waals surface area contributed by atoms with Crippen LogP contribution >= 0.6 is 31.9 Å². The van der Waals surface area contributed by atoms with Gasteiger partial charge in [0.05, 0.1) is 12.2 Å². The molecule has 0 fully saturated rings. The first-order chi connectivity index (χ1) is 12.1. The van der Waals surface area contributed by atoms with E-state index in [-0.39, 0.29) is 11.3 Å². The zero-order valence-electron chi connectivity index (χ0n) is 16.0. The van der Waals surface area contributed by atoms with Gasteiger partial charge in [0.1, 0.15) is 0 Å². The highest BCUT2D eigenvalue weighted by Crippen LogP contribution is 2.32. The van der Waals surface area contributed by atoms with Gasteiger partial charge in [-0.2, -0.15) is 0 Å². The lowest BCUT2D eigenvalue weighted by Gasteiger charge is -2.21. The van der Waals surface area contributed by atoms with Crippen molar-refractivity contribution in [2.75, 3.05) is 18.9 Å². The molecule has 0 aliphatic heterocycles. The van der Waals surface area contributed by atoms with Crippen molar-refractivity contribution in [1.82, 2.24) is 4.90 Å². The molecule has 3 nitrogen and oxygen atoms in total. The lowest BCUT2D eigenvalue weighted by molar-refractivity contribution is -0.117. The quantitative estimate of drug-likeness (QED) is 0.577. The van der Waals surface area contributed by atoms with Crippen LogP contribution in [0.1, 0.15) is 37.5 Å². The van der Waals surface area contributed by atoms with E-state index in [4.69, 9.17) is 0 Å². The van der Waals surface area contributed by atoms with E-state index in [1.807, 2.05) is 31.0 Å². The lowest BCUT2D eigenvalue weighted by atomic mass is 9.87. The fourth-order valence-corrected chi connectivity index (χ4v) is 4.33. The number of amides is 1. The van der Waals surface area contributed by atoms with E-state index in [9.17, 15) is 4.79 Å². The average molecular weight is 482 g/mol. The molecule has 5 heteroatoms. The van der Waals surface area contributed by atoms with Gasteiger partial charge >= 0.3 is 0 Å².